The summed E-state index contributed by atoms with van der Waals surface area (Å²) in [5.74, 6) is -0.237. The van der Waals surface area contributed by atoms with Crippen molar-refractivity contribution in [1.82, 2.24) is 10.2 Å². The van der Waals surface area contributed by atoms with Crippen molar-refractivity contribution in [3.63, 3.8) is 0 Å². The minimum atomic E-state index is -0.237. The quantitative estimate of drug-likeness (QED) is 0.922. The van der Waals surface area contributed by atoms with Crippen LogP contribution in [0.15, 0.2) is 48.5 Å². The lowest BCUT2D eigenvalue weighted by molar-refractivity contribution is 0.194. The Labute approximate surface area is 145 Å². The number of nitrogens with zero attached hydrogens (tertiary/aromatic N) is 2. The first-order valence-corrected chi connectivity index (χ1v) is 8.27. The molecule has 3 rings (SSSR count). The lowest BCUT2D eigenvalue weighted by Gasteiger charge is -2.36. The van der Waals surface area contributed by atoms with Crippen LogP contribution < -0.4 is 10.2 Å². The molecule has 24 heavy (non-hydrogen) atoms. The molecule has 1 heterocycles. The maximum Gasteiger partial charge on any atom is 0.317 e. The van der Waals surface area contributed by atoms with E-state index in [1.165, 1.54) is 12.1 Å². The van der Waals surface area contributed by atoms with Crippen LogP contribution in [0.1, 0.15) is 5.56 Å². The van der Waals surface area contributed by atoms with Gasteiger partial charge in [-0.15, -0.1) is 0 Å². The van der Waals surface area contributed by atoms with Gasteiger partial charge in [-0.05, 0) is 42.0 Å². The normalized spacial score (nSPS) is 14.6. The molecule has 0 aliphatic carbocycles. The Morgan fingerprint density at radius 1 is 1.00 bits per heavy atom. The standard InChI is InChI=1S/C18H19ClFN3O/c19-15-3-1-14(2-4-15)13-21-18(24)23-11-9-22(10-12-23)17-7-5-16(20)6-8-17/h1-8H,9-13H2,(H,21,24). The van der Waals surface area contributed by atoms with E-state index in [0.29, 0.717) is 24.7 Å². The monoisotopic (exact) mass is 347 g/mol. The Bertz CT molecular complexity index is 682. The molecule has 1 aliphatic rings. The predicted octanol–water partition coefficient (Wildman–Crippen LogP) is 3.51. The van der Waals surface area contributed by atoms with Crippen LogP contribution in [0.4, 0.5) is 14.9 Å². The number of amides is 2. The molecule has 2 amide bonds. The maximum absolute atomic E-state index is 13.0. The van der Waals surface area contributed by atoms with E-state index in [9.17, 15) is 9.18 Å². The van der Waals surface area contributed by atoms with Gasteiger partial charge in [-0.1, -0.05) is 23.7 Å². The first-order valence-electron chi connectivity index (χ1n) is 7.89. The molecule has 0 bridgehead atoms. The second-order valence-electron chi connectivity index (χ2n) is 5.74. The molecule has 1 aliphatic heterocycles. The van der Waals surface area contributed by atoms with E-state index < -0.39 is 0 Å². The fourth-order valence-corrected chi connectivity index (χ4v) is 2.84. The van der Waals surface area contributed by atoms with Crippen molar-refractivity contribution in [3.8, 4) is 0 Å². The lowest BCUT2D eigenvalue weighted by Crippen LogP contribution is -2.51. The summed E-state index contributed by atoms with van der Waals surface area (Å²) in [6.45, 7) is 3.24. The summed E-state index contributed by atoms with van der Waals surface area (Å²) in [4.78, 5) is 16.2. The number of rotatable bonds is 3. The molecule has 0 radical (unpaired) electrons. The van der Waals surface area contributed by atoms with Crippen molar-refractivity contribution in [2.45, 2.75) is 6.54 Å². The average molecular weight is 348 g/mol. The molecular weight excluding hydrogens is 329 g/mol. The van der Waals surface area contributed by atoms with E-state index in [2.05, 4.69) is 10.2 Å². The smallest absolute Gasteiger partial charge is 0.317 e. The number of anilines is 1. The van der Waals surface area contributed by atoms with Gasteiger partial charge < -0.3 is 15.1 Å². The van der Waals surface area contributed by atoms with Crippen molar-refractivity contribution < 1.29 is 9.18 Å². The highest BCUT2D eigenvalue weighted by atomic mass is 35.5. The largest absolute Gasteiger partial charge is 0.368 e. The van der Waals surface area contributed by atoms with Crippen LogP contribution in [0, 0.1) is 5.82 Å². The fourth-order valence-electron chi connectivity index (χ4n) is 2.71. The zero-order chi connectivity index (χ0) is 16.9. The lowest BCUT2D eigenvalue weighted by atomic mass is 10.2. The summed E-state index contributed by atoms with van der Waals surface area (Å²) in [6, 6.07) is 13.8. The van der Waals surface area contributed by atoms with Gasteiger partial charge in [0.15, 0.2) is 0 Å². The zero-order valence-electron chi connectivity index (χ0n) is 13.2. The van der Waals surface area contributed by atoms with Gasteiger partial charge in [-0.3, -0.25) is 0 Å². The maximum atomic E-state index is 13.0. The summed E-state index contributed by atoms with van der Waals surface area (Å²) in [5, 5.41) is 3.61. The molecule has 0 aromatic heterocycles. The number of hydrogen-bond donors (Lipinski definition) is 1. The van der Waals surface area contributed by atoms with E-state index >= 15 is 0 Å². The molecule has 1 N–H and O–H groups in total. The Morgan fingerprint density at radius 2 is 1.62 bits per heavy atom. The second-order valence-corrected chi connectivity index (χ2v) is 6.17. The van der Waals surface area contributed by atoms with Crippen molar-refractivity contribution >= 4 is 23.3 Å². The van der Waals surface area contributed by atoms with Gasteiger partial charge in [0.05, 0.1) is 0 Å². The van der Waals surface area contributed by atoms with E-state index in [1.807, 2.05) is 24.3 Å². The molecule has 2 aromatic rings. The number of benzene rings is 2. The highest BCUT2D eigenvalue weighted by Crippen LogP contribution is 2.17. The molecule has 0 atom stereocenters. The minimum Gasteiger partial charge on any atom is -0.368 e. The van der Waals surface area contributed by atoms with Crippen LogP contribution in [0.25, 0.3) is 0 Å². The topological polar surface area (TPSA) is 35.6 Å². The minimum absolute atomic E-state index is 0.0660. The van der Waals surface area contributed by atoms with E-state index in [0.717, 1.165) is 24.3 Å². The first-order chi connectivity index (χ1) is 11.6. The van der Waals surface area contributed by atoms with Gasteiger partial charge in [0, 0.05) is 43.4 Å². The van der Waals surface area contributed by atoms with Gasteiger partial charge in [-0.2, -0.15) is 0 Å². The van der Waals surface area contributed by atoms with Gasteiger partial charge >= 0.3 is 6.03 Å². The van der Waals surface area contributed by atoms with E-state index in [1.54, 1.807) is 17.0 Å². The molecular formula is C18H19ClFN3O. The van der Waals surface area contributed by atoms with Crippen molar-refractivity contribution in [1.29, 1.82) is 0 Å². The molecule has 1 fully saturated rings. The number of carbonyl (C=O) groups excluding carboxylic acids is 1. The highest BCUT2D eigenvalue weighted by Gasteiger charge is 2.21. The predicted molar refractivity (Wildman–Crippen MR) is 93.9 cm³/mol. The molecule has 0 saturated carbocycles. The highest BCUT2D eigenvalue weighted by molar-refractivity contribution is 6.30. The van der Waals surface area contributed by atoms with Crippen LogP contribution in [0.5, 0.6) is 0 Å². The number of hydrogen-bond acceptors (Lipinski definition) is 2. The molecule has 4 nitrogen and oxygen atoms in total. The van der Waals surface area contributed by atoms with Crippen molar-refractivity contribution in [2.24, 2.45) is 0 Å². The average Bonchev–Trinajstić information content (AvgIpc) is 2.62. The Morgan fingerprint density at radius 3 is 2.25 bits per heavy atom. The third kappa shape index (κ3) is 4.17. The third-order valence-electron chi connectivity index (χ3n) is 4.12. The Hall–Kier alpha value is -2.27. The van der Waals surface area contributed by atoms with Gasteiger partial charge in [-0.25, -0.2) is 9.18 Å². The SMILES string of the molecule is O=C(NCc1ccc(Cl)cc1)N1CCN(c2ccc(F)cc2)CC1. The summed E-state index contributed by atoms with van der Waals surface area (Å²) >= 11 is 5.85. The first kappa shape index (κ1) is 16.6. The van der Waals surface area contributed by atoms with E-state index in [-0.39, 0.29) is 11.8 Å². The number of carbonyl (C=O) groups is 1. The number of nitrogens with one attached hydrogen (secondary N) is 1. The van der Waals surface area contributed by atoms with Crippen molar-refractivity contribution in [2.75, 3.05) is 31.1 Å². The number of piperazine rings is 1. The van der Waals surface area contributed by atoms with Crippen LogP contribution >= 0.6 is 11.6 Å². The van der Waals surface area contributed by atoms with Gasteiger partial charge in [0.1, 0.15) is 5.82 Å². The Kier molecular flexibility index (Phi) is 5.20. The van der Waals surface area contributed by atoms with Crippen LogP contribution in [0.2, 0.25) is 5.02 Å². The molecule has 6 heteroatoms. The fraction of sp³-hybridized carbons (Fsp3) is 0.278. The summed E-state index contributed by atoms with van der Waals surface area (Å²) in [7, 11) is 0. The number of urea groups is 1. The third-order valence-corrected chi connectivity index (χ3v) is 4.37. The van der Waals surface area contributed by atoms with Crippen molar-refractivity contribution in [3.05, 3.63) is 64.9 Å². The van der Waals surface area contributed by atoms with Gasteiger partial charge in [0.2, 0.25) is 0 Å². The number of halogens is 2. The molecule has 0 unspecified atom stereocenters. The summed E-state index contributed by atoms with van der Waals surface area (Å²) in [5.41, 5.74) is 2.00. The molecule has 126 valence electrons. The Balaban J connectivity index is 1.48. The van der Waals surface area contributed by atoms with Crippen LogP contribution in [-0.4, -0.2) is 37.1 Å². The van der Waals surface area contributed by atoms with Crippen LogP contribution in [0.3, 0.4) is 0 Å². The van der Waals surface area contributed by atoms with E-state index in [4.69, 9.17) is 11.6 Å². The summed E-state index contributed by atoms with van der Waals surface area (Å²) in [6.07, 6.45) is 0. The second kappa shape index (κ2) is 7.53. The van der Waals surface area contributed by atoms with Crippen LogP contribution in [-0.2, 0) is 6.54 Å². The molecule has 1 saturated heterocycles. The molecule has 0 spiro atoms. The molecule has 2 aromatic carbocycles. The summed E-state index contributed by atoms with van der Waals surface area (Å²) < 4.78 is 13.0. The zero-order valence-corrected chi connectivity index (χ0v) is 14.0. The van der Waals surface area contributed by atoms with Gasteiger partial charge in [0.25, 0.3) is 0 Å².